The van der Waals surface area contributed by atoms with Gasteiger partial charge in [0.05, 0.1) is 0 Å². The highest BCUT2D eigenvalue weighted by Gasteiger charge is 2.10. The van der Waals surface area contributed by atoms with Crippen LogP contribution in [0.3, 0.4) is 0 Å². The maximum atomic E-state index is 8.81. The van der Waals surface area contributed by atoms with Gasteiger partial charge in [-0.05, 0) is 19.1 Å². The van der Waals surface area contributed by atoms with E-state index in [1.807, 2.05) is 31.2 Å². The molecule has 0 saturated carbocycles. The molecule has 2 rings (SSSR count). The number of hydrogen-bond acceptors (Lipinski definition) is 3. The van der Waals surface area contributed by atoms with E-state index in [4.69, 9.17) is 15.4 Å². The second-order valence-corrected chi connectivity index (χ2v) is 2.95. The Morgan fingerprint density at radius 3 is 2.92 bits per heavy atom. The van der Waals surface area contributed by atoms with Crippen LogP contribution in [0, 0.1) is 18.3 Å². The van der Waals surface area contributed by atoms with Crippen LogP contribution in [0.15, 0.2) is 22.6 Å². The molecule has 1 aromatic heterocycles. The summed E-state index contributed by atoms with van der Waals surface area (Å²) in [5.41, 5.74) is 7.71. The van der Waals surface area contributed by atoms with E-state index in [9.17, 15) is 0 Å². The van der Waals surface area contributed by atoms with Gasteiger partial charge in [0.25, 0.3) is 0 Å². The molecule has 3 nitrogen and oxygen atoms in total. The lowest BCUT2D eigenvalue weighted by Crippen LogP contribution is -1.83. The van der Waals surface area contributed by atoms with E-state index in [-0.39, 0.29) is 5.88 Å². The molecule has 0 amide bonds. The molecule has 3 heteroatoms. The third-order valence-corrected chi connectivity index (χ3v) is 1.98. The lowest BCUT2D eigenvalue weighted by molar-refractivity contribution is 0.636. The second-order valence-electron chi connectivity index (χ2n) is 2.95. The minimum absolute atomic E-state index is 0.197. The summed E-state index contributed by atoms with van der Waals surface area (Å²) >= 11 is 0. The van der Waals surface area contributed by atoms with Gasteiger partial charge in [-0.3, -0.25) is 0 Å². The summed E-state index contributed by atoms with van der Waals surface area (Å²) in [6, 6.07) is 7.67. The Bertz CT molecular complexity index is 505. The molecule has 1 heterocycles. The third kappa shape index (κ3) is 1.04. The average molecular weight is 172 g/mol. The van der Waals surface area contributed by atoms with Crippen molar-refractivity contribution in [1.82, 2.24) is 0 Å². The highest BCUT2D eigenvalue weighted by Crippen LogP contribution is 2.27. The fourth-order valence-corrected chi connectivity index (χ4v) is 1.35. The zero-order valence-electron chi connectivity index (χ0n) is 7.16. The van der Waals surface area contributed by atoms with Crippen LogP contribution in [0.25, 0.3) is 11.0 Å². The molecule has 13 heavy (non-hydrogen) atoms. The molecule has 0 spiro atoms. The van der Waals surface area contributed by atoms with Gasteiger partial charge in [0.15, 0.2) is 0 Å². The van der Waals surface area contributed by atoms with Gasteiger partial charge in [-0.25, -0.2) is 0 Å². The van der Waals surface area contributed by atoms with Crippen LogP contribution in [0.1, 0.15) is 11.1 Å². The van der Waals surface area contributed by atoms with Crippen molar-refractivity contribution in [2.45, 2.75) is 6.92 Å². The van der Waals surface area contributed by atoms with Crippen molar-refractivity contribution < 1.29 is 4.42 Å². The molecule has 0 bridgehead atoms. The zero-order chi connectivity index (χ0) is 9.42. The Kier molecular flexibility index (Phi) is 1.49. The minimum Gasteiger partial charge on any atom is -0.439 e. The van der Waals surface area contributed by atoms with E-state index in [1.54, 1.807) is 0 Å². The van der Waals surface area contributed by atoms with Crippen LogP contribution in [0.5, 0.6) is 0 Å². The monoisotopic (exact) mass is 172 g/mol. The Morgan fingerprint density at radius 1 is 1.46 bits per heavy atom. The molecule has 0 aliphatic carbocycles. The Morgan fingerprint density at radius 2 is 2.23 bits per heavy atom. The van der Waals surface area contributed by atoms with Crippen molar-refractivity contribution in [2.75, 3.05) is 5.73 Å². The van der Waals surface area contributed by atoms with Crippen LogP contribution in [0.4, 0.5) is 5.88 Å². The molecule has 64 valence electrons. The summed E-state index contributed by atoms with van der Waals surface area (Å²) in [7, 11) is 0. The first kappa shape index (κ1) is 7.69. The number of benzene rings is 1. The van der Waals surface area contributed by atoms with Crippen LogP contribution in [-0.2, 0) is 0 Å². The average Bonchev–Trinajstić information content (AvgIpc) is 2.40. The molecule has 2 aromatic rings. The smallest absolute Gasteiger partial charge is 0.209 e. The highest BCUT2D eigenvalue weighted by atomic mass is 16.3. The molecule has 0 aliphatic rings. The lowest BCUT2D eigenvalue weighted by Gasteiger charge is -1.90. The topological polar surface area (TPSA) is 62.9 Å². The van der Waals surface area contributed by atoms with E-state index in [2.05, 4.69) is 0 Å². The number of fused-ring (bicyclic) bond motifs is 1. The predicted molar refractivity (Wildman–Crippen MR) is 50.1 cm³/mol. The zero-order valence-corrected chi connectivity index (χ0v) is 7.16. The molecule has 0 fully saturated rings. The van der Waals surface area contributed by atoms with Crippen molar-refractivity contribution in [3.63, 3.8) is 0 Å². The first-order chi connectivity index (χ1) is 6.22. The van der Waals surface area contributed by atoms with E-state index in [0.717, 1.165) is 10.9 Å². The number of aryl methyl sites for hydroxylation is 1. The molecule has 0 aliphatic heterocycles. The molecular weight excluding hydrogens is 164 g/mol. The van der Waals surface area contributed by atoms with Crippen molar-refractivity contribution in [1.29, 1.82) is 5.26 Å². The maximum absolute atomic E-state index is 8.81. The van der Waals surface area contributed by atoms with E-state index < -0.39 is 0 Å². The van der Waals surface area contributed by atoms with E-state index in [0.29, 0.717) is 11.1 Å². The Labute approximate surface area is 75.4 Å². The summed E-state index contributed by atoms with van der Waals surface area (Å²) in [6.45, 7) is 1.96. The fraction of sp³-hybridized carbons (Fsp3) is 0.100. The lowest BCUT2D eigenvalue weighted by atomic mass is 10.1. The number of nitrogens with two attached hydrogens (primary N) is 1. The van der Waals surface area contributed by atoms with Gasteiger partial charge in [-0.1, -0.05) is 11.6 Å². The highest BCUT2D eigenvalue weighted by molar-refractivity contribution is 5.88. The number of hydrogen-bond donors (Lipinski definition) is 1. The number of nitrogen functional groups attached to an aromatic ring is 1. The molecular formula is C10H8N2O. The maximum Gasteiger partial charge on any atom is 0.209 e. The fourth-order valence-electron chi connectivity index (χ4n) is 1.35. The first-order valence-corrected chi connectivity index (χ1v) is 3.91. The number of anilines is 1. The summed E-state index contributed by atoms with van der Waals surface area (Å²) in [5, 5.41) is 9.60. The normalized spacial score (nSPS) is 10.2. The quantitative estimate of drug-likeness (QED) is 0.662. The van der Waals surface area contributed by atoms with Crippen molar-refractivity contribution in [2.24, 2.45) is 0 Å². The SMILES string of the molecule is Cc1ccc2oc(N)c(C#N)c2c1. The van der Waals surface area contributed by atoms with Crippen LogP contribution in [-0.4, -0.2) is 0 Å². The summed E-state index contributed by atoms with van der Waals surface area (Å²) in [6.07, 6.45) is 0. The molecule has 0 radical (unpaired) electrons. The van der Waals surface area contributed by atoms with Crippen LogP contribution >= 0.6 is 0 Å². The third-order valence-electron chi connectivity index (χ3n) is 1.98. The van der Waals surface area contributed by atoms with Gasteiger partial charge in [0.2, 0.25) is 5.88 Å². The first-order valence-electron chi connectivity index (χ1n) is 3.91. The van der Waals surface area contributed by atoms with Crippen molar-refractivity contribution >= 4 is 16.9 Å². The largest absolute Gasteiger partial charge is 0.439 e. The van der Waals surface area contributed by atoms with Gasteiger partial charge >= 0.3 is 0 Å². The van der Waals surface area contributed by atoms with Crippen LogP contribution < -0.4 is 5.73 Å². The summed E-state index contributed by atoms with van der Waals surface area (Å²) < 4.78 is 5.20. The van der Waals surface area contributed by atoms with Crippen molar-refractivity contribution in [3.8, 4) is 6.07 Å². The molecule has 0 unspecified atom stereocenters. The summed E-state index contributed by atoms with van der Waals surface area (Å²) in [5.74, 6) is 0.197. The number of nitrogens with zero attached hydrogens (tertiary/aromatic N) is 1. The second kappa shape index (κ2) is 2.53. The minimum atomic E-state index is 0.197. The molecule has 0 atom stereocenters. The Hall–Kier alpha value is -1.95. The van der Waals surface area contributed by atoms with Gasteiger partial charge in [-0.15, -0.1) is 0 Å². The molecule has 2 N–H and O–H groups in total. The molecule has 1 aromatic carbocycles. The van der Waals surface area contributed by atoms with E-state index in [1.165, 1.54) is 0 Å². The van der Waals surface area contributed by atoms with Crippen molar-refractivity contribution in [3.05, 3.63) is 29.3 Å². The number of furan rings is 1. The van der Waals surface area contributed by atoms with Gasteiger partial charge in [0, 0.05) is 5.39 Å². The van der Waals surface area contributed by atoms with Crippen LogP contribution in [0.2, 0.25) is 0 Å². The van der Waals surface area contributed by atoms with E-state index >= 15 is 0 Å². The Balaban J connectivity index is 2.91. The molecule has 0 saturated heterocycles. The van der Waals surface area contributed by atoms with Gasteiger partial charge < -0.3 is 10.2 Å². The number of nitriles is 1. The summed E-state index contributed by atoms with van der Waals surface area (Å²) in [4.78, 5) is 0. The standard InChI is InChI=1S/C10H8N2O/c1-6-2-3-9-7(4-6)8(5-11)10(12)13-9/h2-4H,12H2,1H3. The van der Waals surface area contributed by atoms with Gasteiger partial charge in [0.1, 0.15) is 17.2 Å². The predicted octanol–water partition coefficient (Wildman–Crippen LogP) is 2.20. The van der Waals surface area contributed by atoms with Gasteiger partial charge in [-0.2, -0.15) is 5.26 Å². The number of rotatable bonds is 0.